The lowest BCUT2D eigenvalue weighted by Gasteiger charge is -2.34. The number of benzene rings is 4. The minimum absolute atomic E-state index is 0.149. The number of aromatic carboxylic acids is 1. The number of nitrogens with zero attached hydrogens (tertiary/aromatic N) is 7. The van der Waals surface area contributed by atoms with Gasteiger partial charge in [0.1, 0.15) is 18.0 Å². The molecule has 0 unspecified atom stereocenters. The van der Waals surface area contributed by atoms with Gasteiger partial charge in [-0.15, -0.1) is 5.11 Å². The number of fused-ring (bicyclic) bond motifs is 1. The summed E-state index contributed by atoms with van der Waals surface area (Å²) in [6.07, 6.45) is 2.18. The highest BCUT2D eigenvalue weighted by atomic mass is 16.5. The molecule has 0 amide bonds. The zero-order valence-electron chi connectivity index (χ0n) is 26.6. The van der Waals surface area contributed by atoms with Gasteiger partial charge in [0, 0.05) is 56.9 Å². The summed E-state index contributed by atoms with van der Waals surface area (Å²) in [5.41, 5.74) is 3.11. The summed E-state index contributed by atoms with van der Waals surface area (Å²) < 4.78 is 12.0. The Labute approximate surface area is 279 Å². The summed E-state index contributed by atoms with van der Waals surface area (Å²) in [6, 6.07) is 32.4. The number of carboxylic acid groups (broad SMARTS) is 1. The fourth-order valence-electron chi connectivity index (χ4n) is 5.34. The Kier molecular flexibility index (Phi) is 11.0. The van der Waals surface area contributed by atoms with Crippen LogP contribution < -0.4 is 9.47 Å². The molecule has 244 valence electrons. The van der Waals surface area contributed by atoms with Crippen molar-refractivity contribution in [2.75, 3.05) is 52.5 Å². The van der Waals surface area contributed by atoms with Crippen LogP contribution in [0, 0.1) is 0 Å². The first-order valence-electron chi connectivity index (χ1n) is 16.0. The van der Waals surface area contributed by atoms with Gasteiger partial charge in [0.15, 0.2) is 0 Å². The third kappa shape index (κ3) is 9.05. The average molecular weight is 644 g/mol. The lowest BCUT2D eigenvalue weighted by Crippen LogP contribution is -2.47. The van der Waals surface area contributed by atoms with Gasteiger partial charge in [-0.3, -0.25) is 4.90 Å². The van der Waals surface area contributed by atoms with Crippen molar-refractivity contribution in [2.45, 2.75) is 6.42 Å². The molecule has 1 N–H and O–H groups in total. The van der Waals surface area contributed by atoms with Gasteiger partial charge in [-0.05, 0) is 60.3 Å². The molecule has 0 bridgehead atoms. The molecule has 1 aliphatic rings. The van der Waals surface area contributed by atoms with Gasteiger partial charge in [0.25, 0.3) is 0 Å². The minimum Gasteiger partial charge on any atom is -0.490 e. The number of azo groups is 2. The van der Waals surface area contributed by atoms with Crippen molar-refractivity contribution < 1.29 is 19.4 Å². The maximum Gasteiger partial charge on any atom is 0.337 e. The molecular weight excluding hydrogens is 606 g/mol. The van der Waals surface area contributed by atoms with E-state index in [1.165, 1.54) is 12.3 Å². The van der Waals surface area contributed by atoms with Gasteiger partial charge in [0.05, 0.1) is 29.2 Å². The number of carbonyl (C=O) groups is 1. The van der Waals surface area contributed by atoms with Crippen molar-refractivity contribution in [3.05, 3.63) is 115 Å². The van der Waals surface area contributed by atoms with Crippen LogP contribution in [0.15, 0.2) is 130 Å². The number of hydrogen-bond acceptors (Lipinski definition) is 10. The maximum atomic E-state index is 11.0. The Morgan fingerprint density at radius 3 is 2.00 bits per heavy atom. The quantitative estimate of drug-likeness (QED) is 0.0955. The van der Waals surface area contributed by atoms with Crippen molar-refractivity contribution >= 4 is 39.5 Å². The molecule has 0 spiro atoms. The van der Waals surface area contributed by atoms with E-state index in [0.29, 0.717) is 36.2 Å². The Balaban J connectivity index is 0.978. The van der Waals surface area contributed by atoms with Crippen LogP contribution in [0.3, 0.4) is 0 Å². The number of carboxylic acids is 1. The van der Waals surface area contributed by atoms with Gasteiger partial charge >= 0.3 is 5.97 Å². The molecule has 11 heteroatoms. The molecule has 1 aliphatic heterocycles. The molecule has 1 fully saturated rings. The standard InChI is InChI=1S/C37H37N7O4/c45-37(46)29-12-18-35(38-27-29)48-25-6-19-43-20-22-44(23-21-43)24-26-47-34-17-11-28-7-4-5-10-33(28)36(34)42-41-32-15-13-31(14-16-32)40-39-30-8-2-1-3-9-30/h1-5,7-18,27H,6,19-26H2,(H,45,46). The van der Waals surface area contributed by atoms with Crippen LogP contribution in [-0.4, -0.2) is 78.3 Å². The third-order valence-corrected chi connectivity index (χ3v) is 8.00. The molecule has 1 saturated heterocycles. The molecule has 11 nitrogen and oxygen atoms in total. The number of ether oxygens (including phenoxy) is 2. The van der Waals surface area contributed by atoms with Gasteiger partial charge in [-0.25, -0.2) is 9.78 Å². The molecule has 48 heavy (non-hydrogen) atoms. The van der Waals surface area contributed by atoms with Crippen LogP contribution in [0.25, 0.3) is 10.8 Å². The molecule has 0 saturated carbocycles. The highest BCUT2D eigenvalue weighted by molar-refractivity contribution is 5.95. The van der Waals surface area contributed by atoms with Crippen LogP contribution in [0.2, 0.25) is 0 Å². The molecule has 2 heterocycles. The molecule has 1 aromatic heterocycles. The van der Waals surface area contributed by atoms with Crippen molar-refractivity contribution in [1.29, 1.82) is 0 Å². The van der Waals surface area contributed by atoms with Crippen LogP contribution in [-0.2, 0) is 0 Å². The topological polar surface area (TPSA) is 125 Å². The molecule has 0 aliphatic carbocycles. The number of piperazine rings is 1. The van der Waals surface area contributed by atoms with Crippen molar-refractivity contribution in [1.82, 2.24) is 14.8 Å². The highest BCUT2D eigenvalue weighted by Gasteiger charge is 2.17. The first kappa shape index (κ1) is 32.4. The van der Waals surface area contributed by atoms with Crippen LogP contribution in [0.5, 0.6) is 11.6 Å². The number of pyridine rings is 1. The van der Waals surface area contributed by atoms with E-state index in [2.05, 4.69) is 47.4 Å². The number of hydrogen-bond donors (Lipinski definition) is 1. The summed E-state index contributed by atoms with van der Waals surface area (Å²) in [4.78, 5) is 19.9. The molecule has 4 aromatic carbocycles. The Hall–Kier alpha value is -5.52. The first-order chi connectivity index (χ1) is 23.6. The minimum atomic E-state index is -0.998. The van der Waals surface area contributed by atoms with E-state index < -0.39 is 5.97 Å². The maximum absolute atomic E-state index is 11.0. The van der Waals surface area contributed by atoms with E-state index in [0.717, 1.165) is 67.8 Å². The fourth-order valence-corrected chi connectivity index (χ4v) is 5.34. The Morgan fingerprint density at radius 1 is 0.667 bits per heavy atom. The van der Waals surface area contributed by atoms with E-state index in [9.17, 15) is 4.79 Å². The number of rotatable bonds is 14. The van der Waals surface area contributed by atoms with Gasteiger partial charge < -0.3 is 19.5 Å². The predicted molar refractivity (Wildman–Crippen MR) is 185 cm³/mol. The van der Waals surface area contributed by atoms with E-state index in [4.69, 9.17) is 14.6 Å². The average Bonchev–Trinajstić information content (AvgIpc) is 3.13. The summed E-state index contributed by atoms with van der Waals surface area (Å²) in [5.74, 6) is 0.150. The normalized spacial score (nSPS) is 14.2. The Morgan fingerprint density at radius 2 is 1.31 bits per heavy atom. The smallest absolute Gasteiger partial charge is 0.337 e. The zero-order chi connectivity index (χ0) is 33.0. The molecular formula is C37H37N7O4. The first-order valence-corrected chi connectivity index (χ1v) is 16.0. The van der Waals surface area contributed by atoms with Crippen LogP contribution in [0.1, 0.15) is 16.8 Å². The monoisotopic (exact) mass is 643 g/mol. The van der Waals surface area contributed by atoms with Crippen LogP contribution in [0.4, 0.5) is 22.7 Å². The van der Waals surface area contributed by atoms with Crippen molar-refractivity contribution in [2.24, 2.45) is 20.5 Å². The summed E-state index contributed by atoms with van der Waals surface area (Å²) in [5, 5.41) is 28.8. The van der Waals surface area contributed by atoms with E-state index >= 15 is 0 Å². The van der Waals surface area contributed by atoms with E-state index in [-0.39, 0.29) is 5.56 Å². The fraction of sp³-hybridized carbons (Fsp3) is 0.243. The van der Waals surface area contributed by atoms with Gasteiger partial charge in [-0.1, -0.05) is 48.5 Å². The van der Waals surface area contributed by atoms with Crippen molar-refractivity contribution in [3.63, 3.8) is 0 Å². The summed E-state index contributed by atoms with van der Waals surface area (Å²) in [7, 11) is 0. The SMILES string of the molecule is O=C(O)c1ccc(OCCCN2CCN(CCOc3ccc4ccccc4c3N=Nc3ccc(N=Nc4ccccc4)cc3)CC2)nc1. The van der Waals surface area contributed by atoms with Crippen molar-refractivity contribution in [3.8, 4) is 11.6 Å². The second-order valence-corrected chi connectivity index (χ2v) is 11.3. The summed E-state index contributed by atoms with van der Waals surface area (Å²) in [6.45, 7) is 6.72. The molecule has 5 aromatic rings. The molecule has 6 rings (SSSR count). The number of aromatic nitrogens is 1. The van der Waals surface area contributed by atoms with Crippen LogP contribution >= 0.6 is 0 Å². The second kappa shape index (κ2) is 16.3. The zero-order valence-corrected chi connectivity index (χ0v) is 26.6. The van der Waals surface area contributed by atoms with Gasteiger partial charge in [-0.2, -0.15) is 15.3 Å². The Bertz CT molecular complexity index is 1840. The molecule has 0 atom stereocenters. The summed E-state index contributed by atoms with van der Waals surface area (Å²) >= 11 is 0. The lowest BCUT2D eigenvalue weighted by molar-refractivity contribution is 0.0696. The second-order valence-electron chi connectivity index (χ2n) is 11.3. The van der Waals surface area contributed by atoms with E-state index in [1.807, 2.05) is 78.9 Å². The predicted octanol–water partition coefficient (Wildman–Crippen LogP) is 8.23. The van der Waals surface area contributed by atoms with E-state index in [1.54, 1.807) is 6.07 Å². The third-order valence-electron chi connectivity index (χ3n) is 8.00. The largest absolute Gasteiger partial charge is 0.490 e. The highest BCUT2D eigenvalue weighted by Crippen LogP contribution is 2.37. The molecule has 0 radical (unpaired) electrons. The lowest BCUT2D eigenvalue weighted by atomic mass is 10.1. The van der Waals surface area contributed by atoms with Gasteiger partial charge in [0.2, 0.25) is 5.88 Å².